The van der Waals surface area contributed by atoms with E-state index in [1.165, 1.54) is 0 Å². The number of fused-ring (bicyclic) bond motifs is 1. The number of aliphatic hydroxyl groups excluding tert-OH is 1. The Bertz CT molecular complexity index is 545. The molecule has 1 N–H and O–H groups in total. The monoisotopic (exact) mass is 227 g/mol. The predicted molar refractivity (Wildman–Crippen MR) is 70.7 cm³/mol. The summed E-state index contributed by atoms with van der Waals surface area (Å²) in [5.74, 6) is 0. The minimum Gasteiger partial charge on any atom is -0.386 e. The second-order valence-corrected chi connectivity index (χ2v) is 4.86. The highest BCUT2D eigenvalue weighted by molar-refractivity contribution is 5.78. The molecule has 2 heteroatoms. The van der Waals surface area contributed by atoms with E-state index in [2.05, 4.69) is 11.6 Å². The fourth-order valence-corrected chi connectivity index (χ4v) is 1.73. The van der Waals surface area contributed by atoms with Crippen LogP contribution in [0.15, 0.2) is 49.1 Å². The Morgan fingerprint density at radius 2 is 1.94 bits per heavy atom. The van der Waals surface area contributed by atoms with Gasteiger partial charge in [-0.1, -0.05) is 44.2 Å². The van der Waals surface area contributed by atoms with Crippen molar-refractivity contribution < 1.29 is 5.11 Å². The zero-order valence-corrected chi connectivity index (χ0v) is 10.2. The highest BCUT2D eigenvalue weighted by Crippen LogP contribution is 2.33. The Kier molecular flexibility index (Phi) is 2.99. The van der Waals surface area contributed by atoms with Crippen LogP contribution in [0, 0.1) is 5.41 Å². The summed E-state index contributed by atoms with van der Waals surface area (Å²) >= 11 is 0. The molecule has 0 bridgehead atoms. The van der Waals surface area contributed by atoms with E-state index in [4.69, 9.17) is 0 Å². The summed E-state index contributed by atoms with van der Waals surface area (Å²) in [5.41, 5.74) is 1.22. The smallest absolute Gasteiger partial charge is 0.104 e. The Morgan fingerprint density at radius 3 is 2.65 bits per heavy atom. The van der Waals surface area contributed by atoms with Gasteiger partial charge < -0.3 is 5.11 Å². The van der Waals surface area contributed by atoms with Gasteiger partial charge in [-0.2, -0.15) is 0 Å². The van der Waals surface area contributed by atoms with E-state index >= 15 is 0 Å². The molecule has 0 fully saturated rings. The molecule has 1 aromatic heterocycles. The fraction of sp³-hybridized carbons (Fsp3) is 0.267. The van der Waals surface area contributed by atoms with E-state index < -0.39 is 6.10 Å². The summed E-state index contributed by atoms with van der Waals surface area (Å²) in [6.45, 7) is 7.65. The first-order chi connectivity index (χ1) is 8.04. The molecule has 2 rings (SSSR count). The Morgan fingerprint density at radius 1 is 1.24 bits per heavy atom. The normalized spacial score (nSPS) is 13.6. The number of hydrogen-bond donors (Lipinski definition) is 1. The van der Waals surface area contributed by atoms with E-state index in [1.807, 2.05) is 50.2 Å². The van der Waals surface area contributed by atoms with Crippen LogP contribution in [-0.4, -0.2) is 10.1 Å². The van der Waals surface area contributed by atoms with Crippen molar-refractivity contribution in [1.29, 1.82) is 0 Å². The number of aromatic nitrogens is 1. The molecule has 0 spiro atoms. The van der Waals surface area contributed by atoms with Gasteiger partial charge in [0.25, 0.3) is 0 Å². The molecular weight excluding hydrogens is 210 g/mol. The van der Waals surface area contributed by atoms with Crippen LogP contribution >= 0.6 is 0 Å². The highest BCUT2D eigenvalue weighted by Gasteiger charge is 2.26. The third kappa shape index (κ3) is 2.22. The predicted octanol–water partition coefficient (Wildman–Crippen LogP) is 3.48. The SMILES string of the molecule is C=CC(C)(C)C(O)c1ccc2ccccc2n1. The zero-order chi connectivity index (χ0) is 12.5. The number of aliphatic hydroxyl groups is 1. The zero-order valence-electron chi connectivity index (χ0n) is 10.2. The third-order valence-electron chi connectivity index (χ3n) is 3.13. The molecule has 1 aromatic carbocycles. The van der Waals surface area contributed by atoms with E-state index in [1.54, 1.807) is 6.08 Å². The lowest BCUT2D eigenvalue weighted by Gasteiger charge is -2.26. The summed E-state index contributed by atoms with van der Waals surface area (Å²) in [5, 5.41) is 11.4. The van der Waals surface area contributed by atoms with E-state index in [-0.39, 0.29) is 5.41 Å². The Labute approximate surface area is 102 Å². The Hall–Kier alpha value is -1.67. The van der Waals surface area contributed by atoms with Gasteiger partial charge in [-0.3, -0.25) is 4.98 Å². The first-order valence-corrected chi connectivity index (χ1v) is 5.72. The number of pyridine rings is 1. The van der Waals surface area contributed by atoms with Gasteiger partial charge in [-0.05, 0) is 12.1 Å². The molecule has 0 saturated carbocycles. The lowest BCUT2D eigenvalue weighted by Crippen LogP contribution is -2.20. The summed E-state index contributed by atoms with van der Waals surface area (Å²) in [6, 6.07) is 11.7. The van der Waals surface area contributed by atoms with Crippen molar-refractivity contribution in [3.05, 3.63) is 54.7 Å². The van der Waals surface area contributed by atoms with Gasteiger partial charge in [0.1, 0.15) is 6.10 Å². The maximum atomic E-state index is 10.3. The summed E-state index contributed by atoms with van der Waals surface area (Å²) in [4.78, 5) is 4.49. The van der Waals surface area contributed by atoms with Crippen LogP contribution in [0.2, 0.25) is 0 Å². The molecule has 0 aliphatic carbocycles. The molecule has 2 nitrogen and oxygen atoms in total. The van der Waals surface area contributed by atoms with Crippen molar-refractivity contribution in [2.45, 2.75) is 20.0 Å². The van der Waals surface area contributed by atoms with Gasteiger partial charge >= 0.3 is 0 Å². The van der Waals surface area contributed by atoms with E-state index in [0.29, 0.717) is 5.69 Å². The molecule has 0 radical (unpaired) electrons. The Balaban J connectivity index is 2.46. The molecule has 0 aliphatic rings. The molecule has 1 atom stereocenters. The van der Waals surface area contributed by atoms with Crippen molar-refractivity contribution in [2.75, 3.05) is 0 Å². The molecule has 1 unspecified atom stereocenters. The molecule has 0 saturated heterocycles. The van der Waals surface area contributed by atoms with Crippen LogP contribution in [0.5, 0.6) is 0 Å². The molecule has 0 aliphatic heterocycles. The summed E-state index contributed by atoms with van der Waals surface area (Å²) < 4.78 is 0. The van der Waals surface area contributed by atoms with Gasteiger partial charge in [0, 0.05) is 10.8 Å². The largest absolute Gasteiger partial charge is 0.386 e. The number of nitrogens with zero attached hydrogens (tertiary/aromatic N) is 1. The lowest BCUT2D eigenvalue weighted by atomic mass is 9.85. The topological polar surface area (TPSA) is 33.1 Å². The van der Waals surface area contributed by atoms with Crippen LogP contribution < -0.4 is 0 Å². The van der Waals surface area contributed by atoms with Crippen LogP contribution in [-0.2, 0) is 0 Å². The molecule has 88 valence electrons. The first kappa shape index (κ1) is 11.8. The van der Waals surface area contributed by atoms with Crippen molar-refractivity contribution in [2.24, 2.45) is 5.41 Å². The quantitative estimate of drug-likeness (QED) is 0.814. The molecule has 17 heavy (non-hydrogen) atoms. The van der Waals surface area contributed by atoms with Gasteiger partial charge in [0.05, 0.1) is 11.2 Å². The van der Waals surface area contributed by atoms with Crippen molar-refractivity contribution >= 4 is 10.9 Å². The van der Waals surface area contributed by atoms with Gasteiger partial charge in [-0.15, -0.1) is 6.58 Å². The van der Waals surface area contributed by atoms with Crippen molar-refractivity contribution in [1.82, 2.24) is 4.98 Å². The van der Waals surface area contributed by atoms with Gasteiger partial charge in [0.2, 0.25) is 0 Å². The minimum atomic E-state index is -0.635. The van der Waals surface area contributed by atoms with Crippen molar-refractivity contribution in [3.8, 4) is 0 Å². The van der Waals surface area contributed by atoms with Crippen LogP contribution in [0.25, 0.3) is 10.9 Å². The van der Waals surface area contributed by atoms with Gasteiger partial charge in [-0.25, -0.2) is 0 Å². The number of hydrogen-bond acceptors (Lipinski definition) is 2. The molecule has 1 heterocycles. The first-order valence-electron chi connectivity index (χ1n) is 5.72. The maximum Gasteiger partial charge on any atom is 0.104 e. The fourth-order valence-electron chi connectivity index (χ4n) is 1.73. The summed E-state index contributed by atoms with van der Waals surface area (Å²) in [6.07, 6.45) is 1.12. The standard InChI is InChI=1S/C15H17NO/c1-4-15(2,3)14(17)13-10-9-11-7-5-6-8-12(11)16-13/h4-10,14,17H,1H2,2-3H3. The van der Waals surface area contributed by atoms with Crippen LogP contribution in [0.1, 0.15) is 25.6 Å². The van der Waals surface area contributed by atoms with Crippen LogP contribution in [0.3, 0.4) is 0 Å². The number of benzene rings is 1. The second kappa shape index (κ2) is 4.30. The molecule has 0 amide bonds. The number of rotatable bonds is 3. The average molecular weight is 227 g/mol. The van der Waals surface area contributed by atoms with Crippen LogP contribution in [0.4, 0.5) is 0 Å². The molecular formula is C15H17NO. The number of para-hydroxylation sites is 1. The lowest BCUT2D eigenvalue weighted by molar-refractivity contribution is 0.0786. The second-order valence-electron chi connectivity index (χ2n) is 4.86. The third-order valence-corrected chi connectivity index (χ3v) is 3.13. The summed E-state index contributed by atoms with van der Waals surface area (Å²) in [7, 11) is 0. The maximum absolute atomic E-state index is 10.3. The minimum absolute atomic E-state index is 0.380. The molecule has 2 aromatic rings. The highest BCUT2D eigenvalue weighted by atomic mass is 16.3. The van der Waals surface area contributed by atoms with Gasteiger partial charge in [0.15, 0.2) is 0 Å². The van der Waals surface area contributed by atoms with E-state index in [9.17, 15) is 5.11 Å². The van der Waals surface area contributed by atoms with E-state index in [0.717, 1.165) is 10.9 Å². The van der Waals surface area contributed by atoms with Crippen molar-refractivity contribution in [3.63, 3.8) is 0 Å². The average Bonchev–Trinajstić information content (AvgIpc) is 2.37.